The van der Waals surface area contributed by atoms with Crippen LogP contribution in [0.5, 0.6) is 0 Å². The lowest BCUT2D eigenvalue weighted by molar-refractivity contribution is -0.117. The maximum absolute atomic E-state index is 12.4. The summed E-state index contributed by atoms with van der Waals surface area (Å²) in [4.78, 5) is 15.6. The summed E-state index contributed by atoms with van der Waals surface area (Å²) in [5, 5.41) is 5.30. The van der Waals surface area contributed by atoms with Crippen LogP contribution in [0.3, 0.4) is 0 Å². The van der Waals surface area contributed by atoms with E-state index in [1.54, 1.807) is 11.3 Å². The van der Waals surface area contributed by atoms with E-state index in [0.29, 0.717) is 6.54 Å². The molecule has 21 heavy (non-hydrogen) atoms. The molecular formula is C16H17BrN2OS. The van der Waals surface area contributed by atoms with Gasteiger partial charge in [0.2, 0.25) is 5.91 Å². The maximum Gasteiger partial charge on any atom is 0.240 e. The van der Waals surface area contributed by atoms with Gasteiger partial charge in [0.05, 0.1) is 6.54 Å². The number of benzene rings is 1. The fraction of sp³-hybridized carbons (Fsp3) is 0.312. The number of amides is 1. The molecule has 0 unspecified atom stereocenters. The Morgan fingerprint density at radius 1 is 1.38 bits per heavy atom. The minimum Gasteiger partial charge on any atom is -0.311 e. The molecule has 2 aromatic rings. The average Bonchev–Trinajstić information content (AvgIpc) is 2.92. The number of carbonyl (C=O) groups is 1. The highest BCUT2D eigenvalue weighted by Gasteiger charge is 2.21. The highest BCUT2D eigenvalue weighted by atomic mass is 79.9. The molecule has 0 fully saturated rings. The molecule has 5 heteroatoms. The van der Waals surface area contributed by atoms with E-state index < -0.39 is 0 Å². The van der Waals surface area contributed by atoms with Gasteiger partial charge in [-0.15, -0.1) is 11.3 Å². The normalized spacial score (nSPS) is 14.0. The highest BCUT2D eigenvalue weighted by Crippen LogP contribution is 2.26. The monoisotopic (exact) mass is 364 g/mol. The Hall–Kier alpha value is -1.17. The first kappa shape index (κ1) is 14.8. The van der Waals surface area contributed by atoms with Gasteiger partial charge in [0.1, 0.15) is 0 Å². The molecule has 3 nitrogen and oxygen atoms in total. The number of hydrogen-bond donors (Lipinski definition) is 1. The number of carbonyl (C=O) groups excluding carboxylic acids is 1. The molecule has 0 atom stereocenters. The molecule has 0 bridgehead atoms. The van der Waals surface area contributed by atoms with E-state index in [1.165, 1.54) is 10.4 Å². The average molecular weight is 365 g/mol. The summed E-state index contributed by atoms with van der Waals surface area (Å²) in [6, 6.07) is 10.3. The first-order valence-corrected chi connectivity index (χ1v) is 8.73. The van der Waals surface area contributed by atoms with E-state index in [2.05, 4.69) is 38.8 Å². The third-order valence-electron chi connectivity index (χ3n) is 3.61. The van der Waals surface area contributed by atoms with Crippen molar-refractivity contribution in [3.63, 3.8) is 0 Å². The third kappa shape index (κ3) is 3.54. The van der Waals surface area contributed by atoms with Crippen LogP contribution >= 0.6 is 27.3 Å². The number of halogens is 1. The summed E-state index contributed by atoms with van der Waals surface area (Å²) in [5.74, 6) is 0.151. The van der Waals surface area contributed by atoms with E-state index in [9.17, 15) is 4.79 Å². The van der Waals surface area contributed by atoms with Gasteiger partial charge in [0.25, 0.3) is 0 Å². The van der Waals surface area contributed by atoms with E-state index in [1.807, 2.05) is 23.1 Å². The van der Waals surface area contributed by atoms with Gasteiger partial charge >= 0.3 is 0 Å². The van der Waals surface area contributed by atoms with Crippen molar-refractivity contribution in [1.82, 2.24) is 5.32 Å². The molecule has 1 aromatic carbocycles. The molecule has 0 radical (unpaired) electrons. The van der Waals surface area contributed by atoms with Gasteiger partial charge in [-0.2, -0.15) is 0 Å². The van der Waals surface area contributed by atoms with Gasteiger partial charge in [-0.25, -0.2) is 0 Å². The second kappa shape index (κ2) is 6.73. The van der Waals surface area contributed by atoms with Crippen molar-refractivity contribution in [2.75, 3.05) is 18.0 Å². The van der Waals surface area contributed by atoms with Gasteiger partial charge in [-0.1, -0.05) is 18.2 Å². The van der Waals surface area contributed by atoms with Crippen LogP contribution in [0.2, 0.25) is 0 Å². The lowest BCUT2D eigenvalue weighted by Crippen LogP contribution is -2.40. The lowest BCUT2D eigenvalue weighted by atomic mass is 10.0. The van der Waals surface area contributed by atoms with E-state index in [4.69, 9.17) is 0 Å². The highest BCUT2D eigenvalue weighted by molar-refractivity contribution is 9.10. The zero-order valence-corrected chi connectivity index (χ0v) is 14.0. The summed E-state index contributed by atoms with van der Waals surface area (Å²) in [6.07, 6.45) is 2.11. The van der Waals surface area contributed by atoms with E-state index in [0.717, 1.165) is 36.1 Å². The van der Waals surface area contributed by atoms with Crippen LogP contribution in [0.1, 0.15) is 16.9 Å². The molecule has 0 spiro atoms. The molecular weight excluding hydrogens is 348 g/mol. The molecule has 0 saturated carbocycles. The third-order valence-corrected chi connectivity index (χ3v) is 5.31. The van der Waals surface area contributed by atoms with Crippen LogP contribution in [0.15, 0.2) is 40.2 Å². The van der Waals surface area contributed by atoms with Crippen LogP contribution in [0, 0.1) is 0 Å². The molecule has 0 aliphatic carbocycles. The number of aryl methyl sites for hydroxylation is 1. The Kier molecular flexibility index (Phi) is 4.73. The predicted octanol–water partition coefficient (Wildman–Crippen LogP) is 3.58. The Bertz CT molecular complexity index is 641. The predicted molar refractivity (Wildman–Crippen MR) is 90.8 cm³/mol. The van der Waals surface area contributed by atoms with Crippen LogP contribution < -0.4 is 10.2 Å². The minimum atomic E-state index is 0.151. The van der Waals surface area contributed by atoms with Crippen LogP contribution in [0.25, 0.3) is 0 Å². The fourth-order valence-electron chi connectivity index (χ4n) is 2.63. The molecule has 3 rings (SSSR count). The number of nitrogens with one attached hydrogen (secondary N) is 1. The quantitative estimate of drug-likeness (QED) is 0.898. The molecule has 1 N–H and O–H groups in total. The molecule has 1 aromatic heterocycles. The van der Waals surface area contributed by atoms with Crippen molar-refractivity contribution >= 4 is 38.9 Å². The van der Waals surface area contributed by atoms with Crippen LogP contribution in [0.4, 0.5) is 5.69 Å². The number of nitrogens with zero attached hydrogens (tertiary/aromatic N) is 1. The van der Waals surface area contributed by atoms with Gasteiger partial charge in [0, 0.05) is 33.5 Å². The largest absolute Gasteiger partial charge is 0.311 e. The van der Waals surface area contributed by atoms with E-state index >= 15 is 0 Å². The van der Waals surface area contributed by atoms with E-state index in [-0.39, 0.29) is 5.91 Å². The molecule has 1 aliphatic rings. The van der Waals surface area contributed by atoms with Gasteiger partial charge in [0.15, 0.2) is 0 Å². The van der Waals surface area contributed by atoms with Gasteiger partial charge in [-0.05, 0) is 46.5 Å². The second-order valence-electron chi connectivity index (χ2n) is 5.11. The Labute approximate surface area is 137 Å². The van der Waals surface area contributed by atoms with Crippen molar-refractivity contribution in [1.29, 1.82) is 0 Å². The standard InChI is InChI=1S/C16H17BrN2OS/c17-13-8-14(21-11-13)9-18-10-16(20)19-7-3-5-12-4-1-2-6-15(12)19/h1-2,4,6,8,11,18H,3,5,7,9-10H2. The van der Waals surface area contributed by atoms with Crippen molar-refractivity contribution in [3.05, 3.63) is 50.6 Å². The number of thiophene rings is 1. The lowest BCUT2D eigenvalue weighted by Gasteiger charge is -2.29. The van der Waals surface area contributed by atoms with Crippen molar-refractivity contribution in [3.8, 4) is 0 Å². The topological polar surface area (TPSA) is 32.3 Å². The Morgan fingerprint density at radius 3 is 3.05 bits per heavy atom. The summed E-state index contributed by atoms with van der Waals surface area (Å²) in [7, 11) is 0. The van der Waals surface area contributed by atoms with Crippen LogP contribution in [-0.2, 0) is 17.8 Å². The van der Waals surface area contributed by atoms with Crippen LogP contribution in [-0.4, -0.2) is 19.0 Å². The molecule has 2 heterocycles. The smallest absolute Gasteiger partial charge is 0.240 e. The van der Waals surface area contributed by atoms with Gasteiger partial charge < -0.3 is 10.2 Å². The summed E-state index contributed by atoms with van der Waals surface area (Å²) >= 11 is 5.13. The van der Waals surface area contributed by atoms with Crippen molar-refractivity contribution in [2.24, 2.45) is 0 Å². The SMILES string of the molecule is O=C(CNCc1cc(Br)cs1)N1CCCc2ccccc21. The second-order valence-corrected chi connectivity index (χ2v) is 7.02. The fourth-order valence-corrected chi connectivity index (χ4v) is 4.05. The number of anilines is 1. The molecule has 1 amide bonds. The van der Waals surface area contributed by atoms with Crippen molar-refractivity contribution in [2.45, 2.75) is 19.4 Å². The maximum atomic E-state index is 12.4. The summed E-state index contributed by atoms with van der Waals surface area (Å²) in [6.45, 7) is 1.93. The molecule has 1 aliphatic heterocycles. The Balaban J connectivity index is 1.59. The number of hydrogen-bond acceptors (Lipinski definition) is 3. The molecule has 0 saturated heterocycles. The minimum absolute atomic E-state index is 0.151. The Morgan fingerprint density at radius 2 is 2.24 bits per heavy atom. The first-order chi connectivity index (χ1) is 10.2. The van der Waals surface area contributed by atoms with Crippen molar-refractivity contribution < 1.29 is 4.79 Å². The summed E-state index contributed by atoms with van der Waals surface area (Å²) in [5.41, 5.74) is 2.36. The number of para-hydroxylation sites is 1. The zero-order valence-electron chi connectivity index (χ0n) is 11.6. The summed E-state index contributed by atoms with van der Waals surface area (Å²) < 4.78 is 1.10. The zero-order chi connectivity index (χ0) is 14.7. The number of rotatable bonds is 4. The van der Waals surface area contributed by atoms with Gasteiger partial charge in [-0.3, -0.25) is 4.79 Å². The first-order valence-electron chi connectivity index (χ1n) is 7.06. The molecule has 110 valence electrons. The number of fused-ring (bicyclic) bond motifs is 1.